The van der Waals surface area contributed by atoms with Crippen molar-refractivity contribution in [3.63, 3.8) is 0 Å². The van der Waals surface area contributed by atoms with Crippen molar-refractivity contribution in [3.8, 4) is 16.9 Å². The number of carbonyl (C=O) groups is 6. The number of imide groups is 2. The van der Waals surface area contributed by atoms with Crippen LogP contribution >= 0.6 is 0 Å². The van der Waals surface area contributed by atoms with E-state index in [1.807, 2.05) is 52.0 Å². The molecule has 2 saturated carbocycles. The van der Waals surface area contributed by atoms with Crippen LogP contribution in [0.3, 0.4) is 0 Å². The molecule has 4 aliphatic carbocycles. The number of allylic oxidation sites excluding steroid dienone is 4. The maximum Gasteiger partial charge on any atom is 0.343 e. The summed E-state index contributed by atoms with van der Waals surface area (Å²) in [7, 11) is 0. The van der Waals surface area contributed by atoms with Crippen LogP contribution in [0.2, 0.25) is 0 Å². The highest BCUT2D eigenvalue weighted by molar-refractivity contribution is 6.24. The third-order valence-corrected chi connectivity index (χ3v) is 12.2. The van der Waals surface area contributed by atoms with Crippen molar-refractivity contribution in [2.45, 2.75) is 40.5 Å². The molecule has 4 aromatic carbocycles. The summed E-state index contributed by atoms with van der Waals surface area (Å²) >= 11 is 0. The van der Waals surface area contributed by atoms with E-state index in [1.165, 1.54) is 9.80 Å². The molecule has 57 heavy (non-hydrogen) atoms. The normalized spacial score (nSPS) is 26.9. The number of anilines is 2. The van der Waals surface area contributed by atoms with E-state index in [0.717, 1.165) is 24.0 Å². The van der Waals surface area contributed by atoms with Crippen molar-refractivity contribution < 1.29 is 33.5 Å². The highest BCUT2D eigenvalue weighted by Gasteiger charge is 2.60. The van der Waals surface area contributed by atoms with Gasteiger partial charge in [-0.1, -0.05) is 88.4 Å². The largest absolute Gasteiger partial charge is 0.423 e. The van der Waals surface area contributed by atoms with Gasteiger partial charge in [0.15, 0.2) is 5.78 Å². The molecule has 9 nitrogen and oxygen atoms in total. The van der Waals surface area contributed by atoms with Crippen LogP contribution in [0.1, 0.15) is 66.8 Å². The smallest absolute Gasteiger partial charge is 0.343 e. The Hall–Kier alpha value is -6.22. The molecule has 9 heteroatoms. The Kier molecular flexibility index (Phi) is 9.94. The lowest BCUT2D eigenvalue weighted by atomic mass is 9.85. The van der Waals surface area contributed by atoms with Gasteiger partial charge in [0.1, 0.15) is 5.75 Å². The molecule has 8 atom stereocenters. The van der Waals surface area contributed by atoms with Gasteiger partial charge in [0.2, 0.25) is 23.6 Å². The van der Waals surface area contributed by atoms with E-state index >= 15 is 0 Å². The number of amides is 4. The van der Waals surface area contributed by atoms with Crippen LogP contribution in [0.25, 0.3) is 11.1 Å². The molecule has 4 aromatic rings. The standard InChI is InChI=1S/C44H32N2O7.2C2H6/c47-39(26-9-15-32(16-10-26)45-40(48)35-28-5-6-29(21-28)36(35)41(45)49)25-3-1-23(2-4-25)24-13-19-34(20-14-24)53-44(52)27-11-17-33(18-12-27)46-42(50)37-30-7-8-31(22-30)38(37)43(46)51;2*1-2/h1-20,28-31,35-38H,21-22H2;2*1-2H3. The van der Waals surface area contributed by atoms with E-state index in [0.29, 0.717) is 33.8 Å². The number of rotatable bonds is 7. The molecule has 4 fully saturated rings. The van der Waals surface area contributed by atoms with Crippen molar-refractivity contribution in [2.24, 2.45) is 47.3 Å². The first-order valence-corrected chi connectivity index (χ1v) is 20.0. The highest BCUT2D eigenvalue weighted by Crippen LogP contribution is 2.54. The molecular formula is C48H44N2O7. The average Bonchev–Trinajstić information content (AvgIpc) is 4.13. The second-order valence-corrected chi connectivity index (χ2v) is 14.9. The predicted octanol–water partition coefficient (Wildman–Crippen LogP) is 8.48. The zero-order chi connectivity index (χ0) is 40.1. The van der Waals surface area contributed by atoms with Gasteiger partial charge >= 0.3 is 5.97 Å². The quantitative estimate of drug-likeness (QED) is 0.0610. The van der Waals surface area contributed by atoms with Crippen LogP contribution in [0, 0.1) is 47.3 Å². The minimum Gasteiger partial charge on any atom is -0.423 e. The van der Waals surface area contributed by atoms with Crippen LogP contribution in [0.5, 0.6) is 5.75 Å². The van der Waals surface area contributed by atoms with Crippen LogP contribution in [-0.4, -0.2) is 35.4 Å². The van der Waals surface area contributed by atoms with Crippen LogP contribution in [-0.2, 0) is 19.2 Å². The summed E-state index contributed by atoms with van der Waals surface area (Å²) in [5.41, 5.74) is 3.91. The fraction of sp³-hybridized carbons (Fsp3) is 0.292. The maximum absolute atomic E-state index is 13.3. The molecule has 0 spiro atoms. The third-order valence-electron chi connectivity index (χ3n) is 12.2. The van der Waals surface area contributed by atoms with Crippen LogP contribution in [0.4, 0.5) is 11.4 Å². The van der Waals surface area contributed by atoms with Crippen molar-refractivity contribution >= 4 is 46.8 Å². The van der Waals surface area contributed by atoms with E-state index in [2.05, 4.69) is 24.3 Å². The maximum atomic E-state index is 13.3. The average molecular weight is 761 g/mol. The number of ether oxygens (including phenoxy) is 1. The number of ketones is 1. The van der Waals surface area contributed by atoms with Gasteiger partial charge in [0, 0.05) is 11.1 Å². The second kappa shape index (κ2) is 15.0. The van der Waals surface area contributed by atoms with Gasteiger partial charge < -0.3 is 4.74 Å². The SMILES string of the molecule is CC.CC.O=C(Oc1ccc(-c2ccc(C(=O)c3ccc(N4C(=O)C5C6C=CC(C6)C5C4=O)cc3)cc2)cc1)c1ccc(N2C(=O)C3C4C=CC(C4)C3C2=O)cc1. The van der Waals surface area contributed by atoms with E-state index in [9.17, 15) is 28.8 Å². The third kappa shape index (κ3) is 6.16. The monoisotopic (exact) mass is 760 g/mol. The Labute approximate surface area is 332 Å². The van der Waals surface area contributed by atoms with E-state index in [1.54, 1.807) is 72.8 Å². The second-order valence-electron chi connectivity index (χ2n) is 14.9. The van der Waals surface area contributed by atoms with Gasteiger partial charge in [-0.05, 0) is 108 Å². The van der Waals surface area contributed by atoms with Crippen molar-refractivity contribution in [1.82, 2.24) is 0 Å². The molecule has 2 aliphatic heterocycles. The number of fused-ring (bicyclic) bond motifs is 10. The lowest BCUT2D eigenvalue weighted by molar-refractivity contribution is -0.124. The lowest BCUT2D eigenvalue weighted by Crippen LogP contribution is -2.32. The number of carbonyl (C=O) groups excluding carboxylic acids is 6. The summed E-state index contributed by atoms with van der Waals surface area (Å²) in [5.74, 6) is -1.61. The first-order valence-electron chi connectivity index (χ1n) is 20.0. The summed E-state index contributed by atoms with van der Waals surface area (Å²) in [6.45, 7) is 8.00. The van der Waals surface area contributed by atoms with E-state index < -0.39 is 5.97 Å². The number of nitrogens with zero attached hydrogens (tertiary/aromatic N) is 2. The van der Waals surface area contributed by atoms with Gasteiger partial charge in [-0.2, -0.15) is 0 Å². The molecule has 2 saturated heterocycles. The Morgan fingerprint density at radius 1 is 0.456 bits per heavy atom. The number of hydrogen-bond acceptors (Lipinski definition) is 7. The minimum atomic E-state index is -0.566. The van der Waals surface area contributed by atoms with Gasteiger partial charge in [0.05, 0.1) is 40.6 Å². The zero-order valence-electron chi connectivity index (χ0n) is 32.3. The zero-order valence-corrected chi connectivity index (χ0v) is 32.3. The number of hydrogen-bond donors (Lipinski definition) is 0. The molecule has 0 radical (unpaired) electrons. The van der Waals surface area contributed by atoms with Crippen LogP contribution in [0.15, 0.2) is 121 Å². The van der Waals surface area contributed by atoms with Crippen molar-refractivity contribution in [2.75, 3.05) is 9.80 Å². The molecular weight excluding hydrogens is 717 g/mol. The lowest BCUT2D eigenvalue weighted by Gasteiger charge is -2.17. The first kappa shape index (κ1) is 37.7. The fourth-order valence-corrected chi connectivity index (χ4v) is 9.68. The van der Waals surface area contributed by atoms with Gasteiger partial charge in [-0.3, -0.25) is 33.8 Å². The number of benzene rings is 4. The minimum absolute atomic E-state index is 0.128. The topological polar surface area (TPSA) is 118 Å². The molecule has 0 aromatic heterocycles. The Bertz CT molecular complexity index is 2270. The summed E-state index contributed by atoms with van der Waals surface area (Å²) < 4.78 is 5.60. The van der Waals surface area contributed by atoms with Gasteiger partial charge in [-0.15, -0.1) is 0 Å². The first-order chi connectivity index (χ1) is 27.7. The summed E-state index contributed by atoms with van der Waals surface area (Å²) in [6.07, 6.45) is 9.99. The molecule has 4 bridgehead atoms. The molecule has 2 heterocycles. The molecule has 4 amide bonds. The summed E-state index contributed by atoms with van der Waals surface area (Å²) in [6, 6.07) is 27.2. The summed E-state index contributed by atoms with van der Waals surface area (Å²) in [4.78, 5) is 81.4. The van der Waals surface area contributed by atoms with Crippen molar-refractivity contribution in [1.29, 1.82) is 0 Å². The Morgan fingerprint density at radius 2 is 0.772 bits per heavy atom. The Morgan fingerprint density at radius 3 is 1.14 bits per heavy atom. The molecule has 6 aliphatic rings. The van der Waals surface area contributed by atoms with E-state index in [-0.39, 0.29) is 76.8 Å². The van der Waals surface area contributed by atoms with E-state index in [4.69, 9.17) is 4.74 Å². The molecule has 10 rings (SSSR count). The van der Waals surface area contributed by atoms with Crippen LogP contribution < -0.4 is 14.5 Å². The molecule has 288 valence electrons. The summed E-state index contributed by atoms with van der Waals surface area (Å²) in [5, 5.41) is 0. The predicted molar refractivity (Wildman–Crippen MR) is 216 cm³/mol. The highest BCUT2D eigenvalue weighted by atomic mass is 16.5. The van der Waals surface area contributed by atoms with Crippen molar-refractivity contribution in [3.05, 3.63) is 138 Å². The number of esters is 1. The van der Waals surface area contributed by atoms with Gasteiger partial charge in [-0.25, -0.2) is 4.79 Å². The Balaban J connectivity index is 0.00000110. The molecule has 8 unspecified atom stereocenters. The molecule has 0 N–H and O–H groups in total. The fourth-order valence-electron chi connectivity index (χ4n) is 9.68. The van der Waals surface area contributed by atoms with Gasteiger partial charge in [0.25, 0.3) is 0 Å².